The number of amides is 3. The van der Waals surface area contributed by atoms with Crippen LogP contribution in [0.25, 0.3) is 11.2 Å². The highest BCUT2D eigenvalue weighted by atomic mass is 31.2. The van der Waals surface area contributed by atoms with Gasteiger partial charge in [0, 0.05) is 50.6 Å². The molecule has 0 unspecified atom stereocenters. The van der Waals surface area contributed by atoms with Gasteiger partial charge in [-0.05, 0) is 60.6 Å². The predicted molar refractivity (Wildman–Crippen MR) is 209 cm³/mol. The summed E-state index contributed by atoms with van der Waals surface area (Å²) in [7, 11) is -5.29. The molecule has 60 heavy (non-hydrogen) atoms. The fourth-order valence-electron chi connectivity index (χ4n) is 8.46. The van der Waals surface area contributed by atoms with E-state index >= 15 is 0 Å². The lowest BCUT2D eigenvalue weighted by Gasteiger charge is -2.35. The molecule has 2 aromatic heterocycles. The minimum Gasteiger partial charge on any atom is -0.331 e. The van der Waals surface area contributed by atoms with Crippen molar-refractivity contribution in [3.63, 3.8) is 0 Å². The van der Waals surface area contributed by atoms with Crippen molar-refractivity contribution in [2.24, 2.45) is 0 Å². The van der Waals surface area contributed by atoms with E-state index in [0.29, 0.717) is 21.5 Å². The van der Waals surface area contributed by atoms with Gasteiger partial charge < -0.3 is 24.9 Å². The van der Waals surface area contributed by atoms with Crippen LogP contribution in [0, 0.1) is 11.6 Å². The molecule has 3 amide bonds. The molecule has 2 atom stereocenters. The summed E-state index contributed by atoms with van der Waals surface area (Å²) < 4.78 is 91.0. The fraction of sp³-hybridized carbons (Fsp3) is 0.366. The number of hydrogen-bond donors (Lipinski definition) is 3. The number of halogens is 5. The number of rotatable bonds is 11. The number of piperidine rings is 1. The first-order chi connectivity index (χ1) is 28.5. The molecule has 5 aromatic rings. The molecule has 2 aliphatic rings. The molecule has 3 N–H and O–H groups in total. The highest BCUT2D eigenvalue weighted by Crippen LogP contribution is 2.47. The highest BCUT2D eigenvalue weighted by molar-refractivity contribution is 7.46. The number of nitrogens with zero attached hydrogens (tertiary/aromatic N) is 5. The van der Waals surface area contributed by atoms with Crippen molar-refractivity contribution in [2.75, 3.05) is 26.2 Å². The van der Waals surface area contributed by atoms with E-state index < -0.39 is 80.1 Å². The molecule has 0 radical (unpaired) electrons. The fourth-order valence-corrected chi connectivity index (χ4v) is 9.11. The first kappa shape index (κ1) is 42.7. The normalized spacial score (nSPS) is 18.5. The number of nitrogens with one attached hydrogen (secondary N) is 1. The van der Waals surface area contributed by atoms with Crippen molar-refractivity contribution in [1.82, 2.24) is 29.2 Å². The maximum absolute atomic E-state index is 14.8. The van der Waals surface area contributed by atoms with Crippen LogP contribution in [-0.2, 0) is 32.4 Å². The van der Waals surface area contributed by atoms with Crippen LogP contribution >= 0.6 is 7.82 Å². The van der Waals surface area contributed by atoms with E-state index in [4.69, 9.17) is 4.52 Å². The number of imidazole rings is 1. The maximum Gasteiger partial charge on any atom is 0.471 e. The third kappa shape index (κ3) is 9.46. The number of likely N-dealkylation sites (tertiary alicyclic amines) is 2. The summed E-state index contributed by atoms with van der Waals surface area (Å²) in [6.07, 6.45) is -3.39. The highest BCUT2D eigenvalue weighted by Gasteiger charge is 2.45. The van der Waals surface area contributed by atoms with E-state index in [0.717, 1.165) is 6.07 Å². The number of carbonyl (C=O) groups excluding carboxylic acids is 2. The molecule has 0 saturated carbocycles. The topological polar surface area (TPSA) is 159 Å². The van der Waals surface area contributed by atoms with Gasteiger partial charge in [-0.2, -0.15) is 13.2 Å². The zero-order valence-electron chi connectivity index (χ0n) is 32.0. The lowest BCUT2D eigenvalue weighted by molar-refractivity contribution is -0.162. The van der Waals surface area contributed by atoms with Crippen LogP contribution in [0.3, 0.4) is 0 Å². The Morgan fingerprint density at radius 3 is 2.08 bits per heavy atom. The summed E-state index contributed by atoms with van der Waals surface area (Å²) >= 11 is 0. The van der Waals surface area contributed by atoms with Crippen LogP contribution in [0.4, 0.5) is 26.7 Å². The van der Waals surface area contributed by atoms with Crippen LogP contribution in [0.2, 0.25) is 0 Å². The number of alkyl halides is 3. The van der Waals surface area contributed by atoms with Gasteiger partial charge in [0.2, 0.25) is 5.91 Å². The monoisotopic (exact) mass is 856 g/mol. The molecule has 2 aliphatic heterocycles. The minimum atomic E-state index is -5.29. The SMILES string of the molecule is O=C(N[C@@H]1CC[C@@H](c2cccc(F)c2F)CN(CC(F)(F)F)C1=O)N1CCC(n2c(=O)n(C(Cc3ccccc3)(Cc3ccccc3)OP(=O)(O)O)c3ncccc32)CC1. The Kier molecular flexibility index (Phi) is 12.3. The second kappa shape index (κ2) is 17.3. The molecule has 19 heteroatoms. The van der Waals surface area contributed by atoms with E-state index in [1.165, 1.54) is 32.4 Å². The number of benzene rings is 3. The van der Waals surface area contributed by atoms with Gasteiger partial charge in [-0.3, -0.25) is 13.9 Å². The lowest BCUT2D eigenvalue weighted by atomic mass is 9.93. The Labute approximate surface area is 340 Å². The first-order valence-electron chi connectivity index (χ1n) is 19.3. The molecule has 4 heterocycles. The Hall–Kier alpha value is -5.42. The smallest absolute Gasteiger partial charge is 0.331 e. The van der Waals surface area contributed by atoms with Crippen molar-refractivity contribution < 1.29 is 50.4 Å². The Morgan fingerprint density at radius 1 is 0.850 bits per heavy atom. The average Bonchev–Trinajstić information content (AvgIpc) is 3.42. The molecule has 3 aromatic carbocycles. The number of hydrogen-bond acceptors (Lipinski definition) is 6. The van der Waals surface area contributed by atoms with Crippen LogP contribution < -0.4 is 11.0 Å². The second-order valence-electron chi connectivity index (χ2n) is 15.2. The number of carbonyl (C=O) groups is 2. The Morgan fingerprint density at radius 2 is 1.48 bits per heavy atom. The number of phosphoric acid groups is 1. The van der Waals surface area contributed by atoms with Gasteiger partial charge >= 0.3 is 25.7 Å². The number of pyridine rings is 1. The molecular formula is C41H42F5N6O7P. The Bertz CT molecular complexity index is 2400. The molecule has 7 rings (SSSR count). The molecule has 0 bridgehead atoms. The van der Waals surface area contributed by atoms with Gasteiger partial charge in [-0.1, -0.05) is 72.8 Å². The van der Waals surface area contributed by atoms with Crippen LogP contribution in [-0.4, -0.2) is 84.0 Å². The third-order valence-electron chi connectivity index (χ3n) is 11.0. The van der Waals surface area contributed by atoms with Crippen LogP contribution in [0.15, 0.2) is 102 Å². The summed E-state index contributed by atoms with van der Waals surface area (Å²) in [5, 5.41) is 2.57. The minimum absolute atomic E-state index is 0.0176. The molecular weight excluding hydrogens is 814 g/mol. The van der Waals surface area contributed by atoms with E-state index in [-0.39, 0.29) is 62.8 Å². The number of phosphoric ester groups is 1. The second-order valence-corrected chi connectivity index (χ2v) is 16.3. The van der Waals surface area contributed by atoms with Crippen LogP contribution in [0.5, 0.6) is 0 Å². The van der Waals surface area contributed by atoms with Gasteiger partial charge in [0.1, 0.15) is 12.6 Å². The van der Waals surface area contributed by atoms with Gasteiger partial charge in [0.15, 0.2) is 23.0 Å². The van der Waals surface area contributed by atoms with Crippen molar-refractivity contribution >= 4 is 30.9 Å². The summed E-state index contributed by atoms with van der Waals surface area (Å²) in [5.41, 5.74) is -1.11. The molecule has 0 aliphatic carbocycles. The standard InChI is InChI=1S/C41H42F5N6O7P/c42-32-14-7-13-31(35(32)43)29-16-17-33(37(53)50(25-29)26-41(44,45)46)48-38(54)49-21-18-30(19-22-49)51-34-15-8-20-47-36(34)52(39(51)55)40(59-60(56,57)58,23-27-9-3-1-4-10-27)24-28-11-5-2-6-12-28/h1-15,20,29-30,33H,16-19,21-26H2,(H,48,54)(H2,56,57,58)/t29-,33-/m1/s1. The number of urea groups is 1. The number of fused-ring (bicyclic) bond motifs is 1. The van der Waals surface area contributed by atoms with Crippen molar-refractivity contribution in [1.29, 1.82) is 0 Å². The van der Waals surface area contributed by atoms with Gasteiger partial charge in [-0.15, -0.1) is 0 Å². The molecule has 318 valence electrons. The Balaban J connectivity index is 1.15. The number of aromatic nitrogens is 3. The molecule has 13 nitrogen and oxygen atoms in total. The lowest BCUT2D eigenvalue weighted by Crippen LogP contribution is -2.54. The van der Waals surface area contributed by atoms with Crippen molar-refractivity contribution in [3.8, 4) is 0 Å². The third-order valence-corrected chi connectivity index (χ3v) is 11.6. The predicted octanol–water partition coefficient (Wildman–Crippen LogP) is 6.41. The van der Waals surface area contributed by atoms with Crippen molar-refractivity contribution in [2.45, 2.75) is 68.4 Å². The zero-order valence-corrected chi connectivity index (χ0v) is 32.9. The quantitative estimate of drug-likeness (QED) is 0.102. The molecule has 0 spiro atoms. The van der Waals surface area contributed by atoms with E-state index in [2.05, 4.69) is 10.3 Å². The van der Waals surface area contributed by atoms with E-state index in [1.807, 2.05) is 0 Å². The van der Waals surface area contributed by atoms with Crippen LogP contribution in [0.1, 0.15) is 54.3 Å². The van der Waals surface area contributed by atoms with Gasteiger partial charge in [-0.25, -0.2) is 32.5 Å². The summed E-state index contributed by atoms with van der Waals surface area (Å²) in [4.78, 5) is 69.1. The zero-order chi connectivity index (χ0) is 42.8. The van der Waals surface area contributed by atoms with Gasteiger partial charge in [0.05, 0.1) is 5.52 Å². The van der Waals surface area contributed by atoms with Crippen molar-refractivity contribution in [3.05, 3.63) is 136 Å². The summed E-state index contributed by atoms with van der Waals surface area (Å²) in [6.45, 7) is -2.08. The largest absolute Gasteiger partial charge is 0.471 e. The molecule has 2 fully saturated rings. The van der Waals surface area contributed by atoms with E-state index in [1.54, 1.807) is 72.8 Å². The first-order valence-corrected chi connectivity index (χ1v) is 20.8. The summed E-state index contributed by atoms with van der Waals surface area (Å²) in [6, 6.07) is 21.6. The summed E-state index contributed by atoms with van der Waals surface area (Å²) in [5.74, 6) is -4.35. The molecule has 2 saturated heterocycles. The van der Waals surface area contributed by atoms with Gasteiger partial charge in [0.25, 0.3) is 0 Å². The van der Waals surface area contributed by atoms with E-state index in [9.17, 15) is 50.7 Å². The maximum atomic E-state index is 14.8. The average molecular weight is 857 g/mol.